The van der Waals surface area contributed by atoms with Crippen LogP contribution in [0.1, 0.15) is 12.8 Å². The van der Waals surface area contributed by atoms with E-state index in [1.807, 2.05) is 30.3 Å². The summed E-state index contributed by atoms with van der Waals surface area (Å²) in [4.78, 5) is 0. The summed E-state index contributed by atoms with van der Waals surface area (Å²) in [6.07, 6.45) is 2.56. The molecule has 4 nitrogen and oxygen atoms in total. The Balaban J connectivity index is 1.59. The van der Waals surface area contributed by atoms with Crippen molar-refractivity contribution < 1.29 is 4.42 Å². The maximum Gasteiger partial charge on any atom is 0.276 e. The quantitative estimate of drug-likeness (QED) is 0.870. The number of thioether (sulfide) groups is 1. The van der Waals surface area contributed by atoms with Crippen LogP contribution < -0.4 is 5.32 Å². The number of benzene rings is 1. The van der Waals surface area contributed by atoms with Gasteiger partial charge in [-0.05, 0) is 44.0 Å². The summed E-state index contributed by atoms with van der Waals surface area (Å²) in [6, 6.07) is 9.88. The molecule has 1 aromatic heterocycles. The summed E-state index contributed by atoms with van der Waals surface area (Å²) in [6.45, 7) is 2.26. The van der Waals surface area contributed by atoms with Crippen LogP contribution in [-0.4, -0.2) is 29.0 Å². The Labute approximate surface area is 117 Å². The van der Waals surface area contributed by atoms with Gasteiger partial charge in [0.15, 0.2) is 0 Å². The van der Waals surface area contributed by atoms with Crippen LogP contribution in [0.15, 0.2) is 40.0 Å². The van der Waals surface area contributed by atoms with Crippen LogP contribution in [0.4, 0.5) is 0 Å². The van der Waals surface area contributed by atoms with Crippen molar-refractivity contribution in [3.8, 4) is 11.5 Å². The molecule has 2 heterocycles. The van der Waals surface area contributed by atoms with E-state index in [4.69, 9.17) is 4.42 Å². The van der Waals surface area contributed by atoms with Crippen molar-refractivity contribution in [3.05, 3.63) is 30.3 Å². The van der Waals surface area contributed by atoms with Gasteiger partial charge in [-0.1, -0.05) is 30.0 Å². The third-order valence-corrected chi connectivity index (χ3v) is 4.32. The van der Waals surface area contributed by atoms with Crippen molar-refractivity contribution in [2.24, 2.45) is 5.92 Å². The Morgan fingerprint density at radius 1 is 1.26 bits per heavy atom. The third-order valence-electron chi connectivity index (χ3n) is 3.27. The number of nitrogens with zero attached hydrogens (tertiary/aromatic N) is 2. The molecule has 5 heteroatoms. The van der Waals surface area contributed by atoms with Gasteiger partial charge in [-0.3, -0.25) is 0 Å². The number of hydrogen-bond acceptors (Lipinski definition) is 5. The van der Waals surface area contributed by atoms with Gasteiger partial charge in [0.1, 0.15) is 0 Å². The molecule has 0 bridgehead atoms. The summed E-state index contributed by atoms with van der Waals surface area (Å²) in [5.74, 6) is 2.36. The topological polar surface area (TPSA) is 51.0 Å². The molecular weight excluding hydrogens is 258 g/mol. The largest absolute Gasteiger partial charge is 0.411 e. The van der Waals surface area contributed by atoms with E-state index in [2.05, 4.69) is 15.5 Å². The van der Waals surface area contributed by atoms with Crippen LogP contribution in [0.25, 0.3) is 11.5 Å². The van der Waals surface area contributed by atoms with Crippen LogP contribution in [-0.2, 0) is 0 Å². The van der Waals surface area contributed by atoms with Gasteiger partial charge in [0, 0.05) is 11.3 Å². The summed E-state index contributed by atoms with van der Waals surface area (Å²) in [5.41, 5.74) is 0.973. The van der Waals surface area contributed by atoms with Gasteiger partial charge < -0.3 is 9.73 Å². The number of hydrogen-bond donors (Lipinski definition) is 1. The lowest BCUT2D eigenvalue weighted by Crippen LogP contribution is -2.30. The van der Waals surface area contributed by atoms with Gasteiger partial charge in [-0.15, -0.1) is 10.2 Å². The number of nitrogens with one attached hydrogen (secondary N) is 1. The highest BCUT2D eigenvalue weighted by atomic mass is 32.2. The zero-order valence-electron chi connectivity index (χ0n) is 10.7. The Morgan fingerprint density at radius 3 is 2.95 bits per heavy atom. The molecule has 19 heavy (non-hydrogen) atoms. The average Bonchev–Trinajstić information content (AvgIpc) is 2.96. The Bertz CT molecular complexity index is 508. The predicted molar refractivity (Wildman–Crippen MR) is 76.1 cm³/mol. The van der Waals surface area contributed by atoms with Gasteiger partial charge in [0.2, 0.25) is 5.89 Å². The fourth-order valence-corrected chi connectivity index (χ4v) is 3.12. The van der Waals surface area contributed by atoms with E-state index >= 15 is 0 Å². The molecule has 3 rings (SSSR count). The minimum Gasteiger partial charge on any atom is -0.411 e. The molecule has 1 saturated heterocycles. The molecule has 100 valence electrons. The lowest BCUT2D eigenvalue weighted by molar-refractivity contribution is 0.408. The zero-order valence-corrected chi connectivity index (χ0v) is 11.5. The molecule has 1 fully saturated rings. The molecule has 1 aromatic carbocycles. The summed E-state index contributed by atoms with van der Waals surface area (Å²) in [7, 11) is 0. The first kappa shape index (κ1) is 12.7. The minimum absolute atomic E-state index is 0.602. The second-order valence-corrected chi connectivity index (χ2v) is 5.73. The summed E-state index contributed by atoms with van der Waals surface area (Å²) < 4.78 is 5.68. The molecule has 1 N–H and O–H groups in total. The van der Waals surface area contributed by atoms with E-state index in [9.17, 15) is 0 Å². The lowest BCUT2D eigenvalue weighted by Gasteiger charge is -2.21. The predicted octanol–water partition coefficient (Wildman–Crippen LogP) is 2.83. The first-order chi connectivity index (χ1) is 9.42. The highest BCUT2D eigenvalue weighted by molar-refractivity contribution is 7.99. The molecule has 0 saturated carbocycles. The van der Waals surface area contributed by atoms with Gasteiger partial charge in [-0.2, -0.15) is 0 Å². The number of aromatic nitrogens is 2. The Kier molecular flexibility index (Phi) is 4.15. The fraction of sp³-hybridized carbons (Fsp3) is 0.429. The molecule has 0 radical (unpaired) electrons. The number of rotatable bonds is 4. The summed E-state index contributed by atoms with van der Waals surface area (Å²) in [5, 5.41) is 12.3. The van der Waals surface area contributed by atoms with Crippen molar-refractivity contribution in [3.63, 3.8) is 0 Å². The molecule has 0 spiro atoms. The maximum atomic E-state index is 5.68. The standard InChI is InChI=1S/C14H17N3OS/c1-2-6-12(7-3-1)13-16-17-14(18-13)19-10-11-5-4-8-15-9-11/h1-3,6-7,11,15H,4-5,8-10H2. The average molecular weight is 275 g/mol. The molecular formula is C14H17N3OS. The van der Waals surface area contributed by atoms with E-state index in [1.165, 1.54) is 12.8 Å². The monoisotopic (exact) mass is 275 g/mol. The van der Waals surface area contributed by atoms with E-state index < -0.39 is 0 Å². The molecule has 1 atom stereocenters. The Morgan fingerprint density at radius 2 is 2.16 bits per heavy atom. The molecule has 0 amide bonds. The maximum absolute atomic E-state index is 5.68. The van der Waals surface area contributed by atoms with Crippen LogP contribution in [0, 0.1) is 5.92 Å². The smallest absolute Gasteiger partial charge is 0.276 e. The summed E-state index contributed by atoms with van der Waals surface area (Å²) >= 11 is 1.66. The van der Waals surface area contributed by atoms with Crippen LogP contribution in [0.3, 0.4) is 0 Å². The fourth-order valence-electron chi connectivity index (χ4n) is 2.22. The van der Waals surface area contributed by atoms with Crippen LogP contribution in [0.5, 0.6) is 0 Å². The van der Waals surface area contributed by atoms with Gasteiger partial charge >= 0.3 is 0 Å². The lowest BCUT2D eigenvalue weighted by atomic mass is 10.0. The zero-order chi connectivity index (χ0) is 12.9. The van der Waals surface area contributed by atoms with Crippen LogP contribution in [0.2, 0.25) is 0 Å². The van der Waals surface area contributed by atoms with E-state index in [0.29, 0.717) is 17.0 Å². The van der Waals surface area contributed by atoms with Crippen LogP contribution >= 0.6 is 11.8 Å². The van der Waals surface area contributed by atoms with Gasteiger partial charge in [0.25, 0.3) is 5.22 Å². The van der Waals surface area contributed by atoms with E-state index in [0.717, 1.165) is 24.4 Å². The highest BCUT2D eigenvalue weighted by Crippen LogP contribution is 2.25. The first-order valence-corrected chi connectivity index (χ1v) is 7.63. The molecule has 0 aliphatic carbocycles. The highest BCUT2D eigenvalue weighted by Gasteiger charge is 2.15. The second kappa shape index (κ2) is 6.21. The van der Waals surface area contributed by atoms with Crippen molar-refractivity contribution in [1.29, 1.82) is 0 Å². The molecule has 2 aromatic rings. The normalized spacial score (nSPS) is 19.5. The van der Waals surface area contributed by atoms with Crippen molar-refractivity contribution in [1.82, 2.24) is 15.5 Å². The van der Waals surface area contributed by atoms with Crippen molar-refractivity contribution in [2.45, 2.75) is 18.1 Å². The third kappa shape index (κ3) is 3.36. The SMILES string of the molecule is c1ccc(-c2nnc(SCC3CCCNC3)o2)cc1. The molecule has 1 unspecified atom stereocenters. The van der Waals surface area contributed by atoms with Gasteiger partial charge in [-0.25, -0.2) is 0 Å². The van der Waals surface area contributed by atoms with E-state index in [1.54, 1.807) is 11.8 Å². The second-order valence-electron chi connectivity index (χ2n) is 4.76. The molecule has 1 aliphatic rings. The molecule has 1 aliphatic heterocycles. The van der Waals surface area contributed by atoms with Gasteiger partial charge in [0.05, 0.1) is 0 Å². The van der Waals surface area contributed by atoms with Crippen molar-refractivity contribution in [2.75, 3.05) is 18.8 Å². The van der Waals surface area contributed by atoms with E-state index in [-0.39, 0.29) is 0 Å². The first-order valence-electron chi connectivity index (χ1n) is 6.64. The van der Waals surface area contributed by atoms with Crippen molar-refractivity contribution >= 4 is 11.8 Å². The minimum atomic E-state index is 0.602. The Hall–Kier alpha value is -1.33. The number of piperidine rings is 1.